The molecular weight excluding hydrogens is 272 g/mol. The maximum absolute atomic E-state index is 13.6. The van der Waals surface area contributed by atoms with Crippen molar-refractivity contribution < 1.29 is 13.6 Å². The van der Waals surface area contributed by atoms with Gasteiger partial charge in [-0.3, -0.25) is 4.79 Å². The summed E-state index contributed by atoms with van der Waals surface area (Å²) >= 11 is 0. The minimum absolute atomic E-state index is 0.276. The average molecular weight is 293 g/mol. The predicted molar refractivity (Wildman–Crippen MR) is 76.7 cm³/mol. The number of hydrogen-bond acceptors (Lipinski definition) is 1. The Morgan fingerprint density at radius 1 is 1.24 bits per heavy atom. The van der Waals surface area contributed by atoms with E-state index in [0.29, 0.717) is 23.8 Å². The number of carbonyl (C=O) groups is 1. The van der Waals surface area contributed by atoms with Crippen molar-refractivity contribution in [3.05, 3.63) is 35.4 Å². The first-order valence-corrected chi connectivity index (χ1v) is 7.86. The molecule has 1 aliphatic heterocycles. The minimum atomic E-state index is -0.532. The Labute approximate surface area is 124 Å². The van der Waals surface area contributed by atoms with Gasteiger partial charge in [-0.15, -0.1) is 0 Å². The van der Waals surface area contributed by atoms with Gasteiger partial charge in [0.1, 0.15) is 11.6 Å². The molecular formula is C17H21F2NO. The SMILES string of the molecule is O=C(C1CC1)N1CCC[C@@H](CCc2ccc(F)cc2F)C1. The maximum atomic E-state index is 13.6. The number of amides is 1. The van der Waals surface area contributed by atoms with Crippen LogP contribution in [0.25, 0.3) is 0 Å². The lowest BCUT2D eigenvalue weighted by molar-refractivity contribution is -0.134. The molecule has 4 heteroatoms. The molecule has 1 saturated heterocycles. The highest BCUT2D eigenvalue weighted by Gasteiger charge is 2.35. The van der Waals surface area contributed by atoms with Crippen LogP contribution < -0.4 is 0 Å². The van der Waals surface area contributed by atoms with Gasteiger partial charge >= 0.3 is 0 Å². The van der Waals surface area contributed by atoms with Gasteiger partial charge in [0.25, 0.3) is 0 Å². The van der Waals surface area contributed by atoms with E-state index in [0.717, 1.165) is 51.3 Å². The third kappa shape index (κ3) is 3.60. The van der Waals surface area contributed by atoms with Crippen LogP contribution in [0.4, 0.5) is 8.78 Å². The molecule has 0 bridgehead atoms. The normalized spacial score (nSPS) is 22.4. The van der Waals surface area contributed by atoms with Crippen molar-refractivity contribution in [1.29, 1.82) is 0 Å². The van der Waals surface area contributed by atoms with Gasteiger partial charge in [0, 0.05) is 25.1 Å². The second-order valence-corrected chi connectivity index (χ2v) is 6.34. The molecule has 0 N–H and O–H groups in total. The molecule has 114 valence electrons. The molecule has 0 aromatic heterocycles. The molecule has 1 saturated carbocycles. The molecule has 0 radical (unpaired) electrons. The number of aryl methyl sites for hydroxylation is 1. The first-order chi connectivity index (χ1) is 10.1. The lowest BCUT2D eigenvalue weighted by atomic mass is 9.91. The number of carbonyl (C=O) groups excluding carboxylic acids is 1. The maximum Gasteiger partial charge on any atom is 0.225 e. The molecule has 1 aliphatic carbocycles. The summed E-state index contributed by atoms with van der Waals surface area (Å²) in [7, 11) is 0. The Morgan fingerprint density at radius 3 is 2.76 bits per heavy atom. The van der Waals surface area contributed by atoms with Crippen LogP contribution in [0.2, 0.25) is 0 Å². The summed E-state index contributed by atoms with van der Waals surface area (Å²) in [6.45, 7) is 1.68. The van der Waals surface area contributed by atoms with Crippen LogP contribution in [0, 0.1) is 23.5 Å². The van der Waals surface area contributed by atoms with E-state index in [2.05, 4.69) is 0 Å². The van der Waals surface area contributed by atoms with Crippen LogP contribution in [-0.4, -0.2) is 23.9 Å². The van der Waals surface area contributed by atoms with E-state index in [-0.39, 0.29) is 5.92 Å². The molecule has 1 aromatic rings. The van der Waals surface area contributed by atoms with Gasteiger partial charge < -0.3 is 4.90 Å². The second kappa shape index (κ2) is 6.12. The first kappa shape index (κ1) is 14.5. The lowest BCUT2D eigenvalue weighted by Gasteiger charge is -2.33. The van der Waals surface area contributed by atoms with E-state index in [1.807, 2.05) is 4.90 Å². The number of hydrogen-bond donors (Lipinski definition) is 0. The molecule has 0 spiro atoms. The molecule has 3 rings (SSSR count). The Morgan fingerprint density at radius 2 is 2.05 bits per heavy atom. The highest BCUT2D eigenvalue weighted by atomic mass is 19.1. The summed E-state index contributed by atoms with van der Waals surface area (Å²) in [5.74, 6) is 0.0312. The van der Waals surface area contributed by atoms with Gasteiger partial charge in [-0.05, 0) is 56.1 Å². The van der Waals surface area contributed by atoms with E-state index in [1.165, 1.54) is 12.1 Å². The highest BCUT2D eigenvalue weighted by molar-refractivity contribution is 5.81. The fourth-order valence-electron chi connectivity index (χ4n) is 3.17. The van der Waals surface area contributed by atoms with Crippen LogP contribution in [0.1, 0.15) is 37.7 Å². The van der Waals surface area contributed by atoms with Crippen LogP contribution >= 0.6 is 0 Å². The third-order valence-corrected chi connectivity index (χ3v) is 4.59. The number of benzene rings is 1. The Bertz CT molecular complexity index is 528. The summed E-state index contributed by atoms with van der Waals surface area (Å²) in [6.07, 6.45) is 5.69. The Hall–Kier alpha value is -1.45. The number of piperidine rings is 1. The minimum Gasteiger partial charge on any atom is -0.342 e. The average Bonchev–Trinajstić information content (AvgIpc) is 3.30. The van der Waals surface area contributed by atoms with Crippen LogP contribution in [-0.2, 0) is 11.2 Å². The molecule has 1 heterocycles. The zero-order chi connectivity index (χ0) is 14.8. The quantitative estimate of drug-likeness (QED) is 0.831. The van der Waals surface area contributed by atoms with Crippen molar-refractivity contribution in [3.8, 4) is 0 Å². The Balaban J connectivity index is 1.53. The van der Waals surface area contributed by atoms with Gasteiger partial charge in [0.2, 0.25) is 5.91 Å². The summed E-state index contributed by atoms with van der Waals surface area (Å²) in [5.41, 5.74) is 0.571. The number of rotatable bonds is 4. The molecule has 0 unspecified atom stereocenters. The second-order valence-electron chi connectivity index (χ2n) is 6.34. The van der Waals surface area contributed by atoms with E-state index in [9.17, 15) is 13.6 Å². The lowest BCUT2D eigenvalue weighted by Crippen LogP contribution is -2.40. The molecule has 21 heavy (non-hydrogen) atoms. The topological polar surface area (TPSA) is 20.3 Å². The standard InChI is InChI=1S/C17H21F2NO/c18-15-8-7-13(16(19)10-15)4-3-12-2-1-9-20(11-12)17(21)14-5-6-14/h7-8,10,12,14H,1-6,9,11H2/t12-/m0/s1. The van der Waals surface area contributed by atoms with Gasteiger partial charge in [-0.1, -0.05) is 6.07 Å². The first-order valence-electron chi connectivity index (χ1n) is 7.86. The van der Waals surface area contributed by atoms with Crippen molar-refractivity contribution in [2.45, 2.75) is 38.5 Å². The number of likely N-dealkylation sites (tertiary alicyclic amines) is 1. The fraction of sp³-hybridized carbons (Fsp3) is 0.588. The molecule has 1 atom stereocenters. The fourth-order valence-corrected chi connectivity index (χ4v) is 3.17. The zero-order valence-corrected chi connectivity index (χ0v) is 12.2. The summed E-state index contributed by atoms with van der Waals surface area (Å²) in [5, 5.41) is 0. The van der Waals surface area contributed by atoms with Crippen molar-refractivity contribution in [3.63, 3.8) is 0 Å². The van der Waals surface area contributed by atoms with Crippen molar-refractivity contribution in [2.75, 3.05) is 13.1 Å². The molecule has 1 amide bonds. The summed E-state index contributed by atoms with van der Waals surface area (Å²) < 4.78 is 26.5. The van der Waals surface area contributed by atoms with E-state index >= 15 is 0 Å². The third-order valence-electron chi connectivity index (χ3n) is 4.59. The van der Waals surface area contributed by atoms with Crippen molar-refractivity contribution in [2.24, 2.45) is 11.8 Å². The van der Waals surface area contributed by atoms with E-state index in [1.54, 1.807) is 0 Å². The van der Waals surface area contributed by atoms with Crippen molar-refractivity contribution >= 4 is 5.91 Å². The summed E-state index contributed by atoms with van der Waals surface area (Å²) in [6, 6.07) is 3.78. The molecule has 2 nitrogen and oxygen atoms in total. The highest BCUT2D eigenvalue weighted by Crippen LogP contribution is 2.33. The molecule has 2 fully saturated rings. The zero-order valence-electron chi connectivity index (χ0n) is 12.2. The molecule has 2 aliphatic rings. The van der Waals surface area contributed by atoms with Crippen LogP contribution in [0.15, 0.2) is 18.2 Å². The monoisotopic (exact) mass is 293 g/mol. The predicted octanol–water partition coefficient (Wildman–Crippen LogP) is 3.55. The Kier molecular flexibility index (Phi) is 4.22. The number of halogens is 2. The van der Waals surface area contributed by atoms with Crippen LogP contribution in [0.3, 0.4) is 0 Å². The van der Waals surface area contributed by atoms with Crippen molar-refractivity contribution in [1.82, 2.24) is 4.90 Å². The largest absolute Gasteiger partial charge is 0.342 e. The van der Waals surface area contributed by atoms with Crippen LogP contribution in [0.5, 0.6) is 0 Å². The smallest absolute Gasteiger partial charge is 0.225 e. The molecule has 1 aromatic carbocycles. The number of nitrogens with zero attached hydrogens (tertiary/aromatic N) is 1. The van der Waals surface area contributed by atoms with Gasteiger partial charge in [-0.25, -0.2) is 8.78 Å². The summed E-state index contributed by atoms with van der Waals surface area (Å²) in [4.78, 5) is 14.1. The van der Waals surface area contributed by atoms with Gasteiger partial charge in [0.05, 0.1) is 0 Å². The van der Waals surface area contributed by atoms with Gasteiger partial charge in [-0.2, -0.15) is 0 Å². The van der Waals surface area contributed by atoms with E-state index < -0.39 is 11.6 Å². The van der Waals surface area contributed by atoms with Gasteiger partial charge in [0.15, 0.2) is 0 Å². The van der Waals surface area contributed by atoms with E-state index in [4.69, 9.17) is 0 Å².